The number of nitrogens with one attached hydrogen (secondary N) is 1. The molecule has 1 aromatic rings. The molecule has 0 aromatic heterocycles. The van der Waals surface area contributed by atoms with E-state index in [9.17, 15) is 13.2 Å². The topological polar surface area (TPSA) is 75.7 Å². The van der Waals surface area contributed by atoms with Gasteiger partial charge in [-0.2, -0.15) is 0 Å². The lowest BCUT2D eigenvalue weighted by atomic mass is 10.0. The zero-order valence-electron chi connectivity index (χ0n) is 14.4. The number of piperidine rings is 1. The van der Waals surface area contributed by atoms with E-state index < -0.39 is 10.0 Å². The highest BCUT2D eigenvalue weighted by molar-refractivity contribution is 7.88. The molecule has 0 bridgehead atoms. The molecule has 25 heavy (non-hydrogen) atoms. The second kappa shape index (κ2) is 8.69. The molecule has 1 atom stereocenters. The lowest BCUT2D eigenvalue weighted by Gasteiger charge is -2.35. The standard InChI is InChI=1S/C17H23ClN2O4S/c1-24-16-8-7-14(18)11-13(16)6-9-17(21)20-10-4-3-5-15(20)12-19-25(2,22)23/h6-9,11,15,19H,3-5,10,12H2,1-2H3. The molecule has 0 aliphatic carbocycles. The molecule has 1 N–H and O–H groups in total. The fourth-order valence-electron chi connectivity index (χ4n) is 2.84. The molecule has 138 valence electrons. The van der Waals surface area contributed by atoms with Gasteiger partial charge in [-0.1, -0.05) is 11.6 Å². The van der Waals surface area contributed by atoms with Crippen molar-refractivity contribution in [1.82, 2.24) is 9.62 Å². The van der Waals surface area contributed by atoms with Crippen molar-refractivity contribution in [2.24, 2.45) is 0 Å². The summed E-state index contributed by atoms with van der Waals surface area (Å²) in [6, 6.07) is 5.05. The number of methoxy groups -OCH3 is 1. The van der Waals surface area contributed by atoms with Crippen molar-refractivity contribution in [2.45, 2.75) is 25.3 Å². The molecule has 6 nitrogen and oxygen atoms in total. The van der Waals surface area contributed by atoms with Gasteiger partial charge in [0.1, 0.15) is 5.75 Å². The average molecular weight is 387 g/mol. The van der Waals surface area contributed by atoms with Crippen molar-refractivity contribution in [3.05, 3.63) is 34.9 Å². The Balaban J connectivity index is 2.10. The predicted octanol–water partition coefficient (Wildman–Crippen LogP) is 2.29. The van der Waals surface area contributed by atoms with Crippen molar-refractivity contribution in [1.29, 1.82) is 0 Å². The molecule has 0 radical (unpaired) electrons. The summed E-state index contributed by atoms with van der Waals surface area (Å²) in [5, 5.41) is 0.557. The van der Waals surface area contributed by atoms with Crippen LogP contribution in [0.4, 0.5) is 0 Å². The van der Waals surface area contributed by atoms with Crippen LogP contribution in [0.3, 0.4) is 0 Å². The Hall–Kier alpha value is -1.57. The first-order valence-corrected chi connectivity index (χ1v) is 10.3. The van der Waals surface area contributed by atoms with Gasteiger partial charge < -0.3 is 9.64 Å². The second-order valence-corrected chi connectivity index (χ2v) is 8.29. The summed E-state index contributed by atoms with van der Waals surface area (Å²) >= 11 is 5.99. The van der Waals surface area contributed by atoms with E-state index >= 15 is 0 Å². The fraction of sp³-hybridized carbons (Fsp3) is 0.471. The largest absolute Gasteiger partial charge is 0.496 e. The van der Waals surface area contributed by atoms with Crippen LogP contribution in [-0.4, -0.2) is 51.7 Å². The molecular weight excluding hydrogens is 364 g/mol. The highest BCUT2D eigenvalue weighted by Crippen LogP contribution is 2.24. The molecule has 1 aromatic carbocycles. The summed E-state index contributed by atoms with van der Waals surface area (Å²) in [6.45, 7) is 0.852. The van der Waals surface area contributed by atoms with Crippen LogP contribution in [0.1, 0.15) is 24.8 Å². The SMILES string of the molecule is COc1ccc(Cl)cc1C=CC(=O)N1CCCCC1CNS(C)(=O)=O. The van der Waals surface area contributed by atoms with Crippen LogP contribution in [0.15, 0.2) is 24.3 Å². The predicted molar refractivity (Wildman–Crippen MR) is 99.2 cm³/mol. The van der Waals surface area contributed by atoms with E-state index in [4.69, 9.17) is 16.3 Å². The van der Waals surface area contributed by atoms with Gasteiger partial charge in [-0.3, -0.25) is 4.79 Å². The molecule has 8 heteroatoms. The van der Waals surface area contributed by atoms with Crippen LogP contribution in [0.2, 0.25) is 5.02 Å². The van der Waals surface area contributed by atoms with Gasteiger partial charge in [0.2, 0.25) is 15.9 Å². The molecule has 1 amide bonds. The first-order valence-electron chi connectivity index (χ1n) is 8.07. The minimum absolute atomic E-state index is 0.137. The quantitative estimate of drug-likeness (QED) is 0.761. The van der Waals surface area contributed by atoms with Gasteiger partial charge in [0.05, 0.1) is 13.4 Å². The zero-order chi connectivity index (χ0) is 18.4. The Morgan fingerprint density at radius 3 is 2.88 bits per heavy atom. The minimum atomic E-state index is -3.28. The van der Waals surface area contributed by atoms with E-state index in [0.717, 1.165) is 25.5 Å². The number of benzene rings is 1. The van der Waals surface area contributed by atoms with Crippen LogP contribution < -0.4 is 9.46 Å². The Morgan fingerprint density at radius 2 is 2.20 bits per heavy atom. The zero-order valence-corrected chi connectivity index (χ0v) is 15.9. The fourth-order valence-corrected chi connectivity index (χ4v) is 3.52. The number of carbonyl (C=O) groups is 1. The van der Waals surface area contributed by atoms with E-state index in [1.807, 2.05) is 0 Å². The van der Waals surface area contributed by atoms with Gasteiger partial charge in [0.25, 0.3) is 0 Å². The molecule has 1 fully saturated rings. The second-order valence-electron chi connectivity index (χ2n) is 6.02. The van der Waals surface area contributed by atoms with E-state index in [1.165, 1.54) is 6.08 Å². The van der Waals surface area contributed by atoms with Crippen LogP contribution in [-0.2, 0) is 14.8 Å². The molecule has 1 aliphatic rings. The third-order valence-electron chi connectivity index (χ3n) is 4.09. The van der Waals surface area contributed by atoms with Crippen molar-refractivity contribution in [2.75, 3.05) is 26.5 Å². The molecule has 1 saturated heterocycles. The number of likely N-dealkylation sites (tertiary alicyclic amines) is 1. The van der Waals surface area contributed by atoms with Crippen LogP contribution >= 0.6 is 11.6 Å². The highest BCUT2D eigenvalue weighted by Gasteiger charge is 2.26. The maximum Gasteiger partial charge on any atom is 0.246 e. The van der Waals surface area contributed by atoms with Gasteiger partial charge in [-0.05, 0) is 43.5 Å². The van der Waals surface area contributed by atoms with E-state index in [1.54, 1.807) is 36.3 Å². The Morgan fingerprint density at radius 1 is 1.44 bits per heavy atom. The maximum atomic E-state index is 12.6. The summed E-state index contributed by atoms with van der Waals surface area (Å²) in [6.07, 6.45) is 6.94. The van der Waals surface area contributed by atoms with E-state index in [2.05, 4.69) is 4.72 Å². The number of rotatable bonds is 6. The average Bonchev–Trinajstić information content (AvgIpc) is 2.57. The molecular formula is C17H23ClN2O4S. The molecule has 2 rings (SSSR count). The van der Waals surface area contributed by atoms with Crippen molar-refractivity contribution >= 4 is 33.6 Å². The third-order valence-corrected chi connectivity index (χ3v) is 5.01. The molecule has 0 saturated carbocycles. The number of ether oxygens (including phenoxy) is 1. The van der Waals surface area contributed by atoms with Crippen molar-refractivity contribution in [3.63, 3.8) is 0 Å². The summed E-state index contributed by atoms with van der Waals surface area (Å²) in [5.41, 5.74) is 0.714. The van der Waals surface area contributed by atoms with Gasteiger partial charge in [-0.15, -0.1) is 0 Å². The van der Waals surface area contributed by atoms with Crippen molar-refractivity contribution in [3.8, 4) is 5.75 Å². The lowest BCUT2D eigenvalue weighted by Crippen LogP contribution is -2.48. The van der Waals surface area contributed by atoms with Gasteiger partial charge in [0.15, 0.2) is 0 Å². The molecule has 0 spiro atoms. The van der Waals surface area contributed by atoms with Gasteiger partial charge >= 0.3 is 0 Å². The van der Waals surface area contributed by atoms with Gasteiger partial charge in [0, 0.05) is 35.8 Å². The maximum absolute atomic E-state index is 12.6. The highest BCUT2D eigenvalue weighted by atomic mass is 35.5. The Kier molecular flexibility index (Phi) is 6.87. The number of amides is 1. The Labute approximate surface area is 153 Å². The summed E-state index contributed by atoms with van der Waals surface area (Å²) in [4.78, 5) is 14.3. The first kappa shape index (κ1) is 19.8. The minimum Gasteiger partial charge on any atom is -0.496 e. The Bertz CT molecular complexity index is 749. The number of nitrogens with zero attached hydrogens (tertiary/aromatic N) is 1. The first-order chi connectivity index (χ1) is 11.8. The van der Waals surface area contributed by atoms with Crippen LogP contribution in [0.5, 0.6) is 5.75 Å². The monoisotopic (exact) mass is 386 g/mol. The number of carbonyl (C=O) groups excluding carboxylic acids is 1. The normalized spacial score (nSPS) is 18.5. The summed E-state index contributed by atoms with van der Waals surface area (Å²) in [7, 11) is -1.72. The molecule has 1 aliphatic heterocycles. The summed E-state index contributed by atoms with van der Waals surface area (Å²) in [5.74, 6) is 0.476. The van der Waals surface area contributed by atoms with Crippen LogP contribution in [0.25, 0.3) is 6.08 Å². The summed E-state index contributed by atoms with van der Waals surface area (Å²) < 4.78 is 30.4. The number of hydrogen-bond donors (Lipinski definition) is 1. The van der Waals surface area contributed by atoms with Crippen LogP contribution in [0, 0.1) is 0 Å². The van der Waals surface area contributed by atoms with E-state index in [0.29, 0.717) is 22.9 Å². The van der Waals surface area contributed by atoms with E-state index in [-0.39, 0.29) is 18.5 Å². The van der Waals surface area contributed by atoms with Crippen molar-refractivity contribution < 1.29 is 17.9 Å². The molecule has 1 unspecified atom stereocenters. The molecule has 1 heterocycles. The smallest absolute Gasteiger partial charge is 0.246 e. The van der Waals surface area contributed by atoms with Gasteiger partial charge in [-0.25, -0.2) is 13.1 Å². The number of hydrogen-bond acceptors (Lipinski definition) is 4. The third kappa shape index (κ3) is 6.02. The number of halogens is 1. The number of sulfonamides is 1. The lowest BCUT2D eigenvalue weighted by molar-refractivity contribution is -0.129.